The molecule has 0 aliphatic carbocycles. The van der Waals surface area contributed by atoms with Gasteiger partial charge in [0.2, 0.25) is 0 Å². The van der Waals surface area contributed by atoms with E-state index in [0.717, 1.165) is 16.6 Å². The van der Waals surface area contributed by atoms with Gasteiger partial charge in [0.15, 0.2) is 0 Å². The number of aromatic nitrogens is 1. The Balaban J connectivity index is 2.60. The summed E-state index contributed by atoms with van der Waals surface area (Å²) < 4.78 is 14.0. The van der Waals surface area contributed by atoms with Gasteiger partial charge in [0.05, 0.1) is 0 Å². The molecule has 0 aliphatic heterocycles. The Kier molecular flexibility index (Phi) is 3.54. The summed E-state index contributed by atoms with van der Waals surface area (Å²) in [4.78, 5) is 4.17. The molecule has 1 atom stereocenters. The quantitative estimate of drug-likeness (QED) is 0.736. The van der Waals surface area contributed by atoms with Crippen molar-refractivity contribution in [1.82, 2.24) is 4.98 Å². The number of anilines is 1. The second-order valence-corrected chi connectivity index (χ2v) is 7.14. The van der Waals surface area contributed by atoms with Crippen LogP contribution in [0.4, 0.5) is 5.69 Å². The predicted molar refractivity (Wildman–Crippen MR) is 58.5 cm³/mol. The van der Waals surface area contributed by atoms with Crippen LogP contribution >= 0.6 is 11.6 Å². The van der Waals surface area contributed by atoms with Gasteiger partial charge in [-0.05, 0) is 0 Å². The van der Waals surface area contributed by atoms with Crippen molar-refractivity contribution >= 4 is 35.9 Å². The number of benzene rings is 1. The van der Waals surface area contributed by atoms with E-state index in [-0.39, 0.29) is 0 Å². The first-order chi connectivity index (χ1) is 7.16. The Hall–Kier alpha value is -0.247. The first-order valence-corrected chi connectivity index (χ1v) is 9.09. The van der Waals surface area contributed by atoms with Crippen molar-refractivity contribution in [2.45, 2.75) is 0 Å². The number of nitrogens with one attached hydrogen (secondary N) is 1. The van der Waals surface area contributed by atoms with Gasteiger partial charge < -0.3 is 0 Å². The van der Waals surface area contributed by atoms with Crippen LogP contribution in [0.25, 0.3) is 10.9 Å². The molecule has 0 saturated carbocycles. The van der Waals surface area contributed by atoms with Crippen LogP contribution in [0.2, 0.25) is 5.15 Å². The molecule has 3 nitrogen and oxygen atoms in total. The molecule has 1 heterocycles. The van der Waals surface area contributed by atoms with Crippen LogP contribution in [-0.4, -0.2) is 9.19 Å². The number of fused-ring (bicyclic) bond motifs is 1. The monoisotopic (exact) mass is 435 g/mol. The van der Waals surface area contributed by atoms with Gasteiger partial charge >= 0.3 is 109 Å². The van der Waals surface area contributed by atoms with E-state index in [9.17, 15) is 4.21 Å². The summed E-state index contributed by atoms with van der Waals surface area (Å²) in [6.07, 6.45) is 0. The second-order valence-electron chi connectivity index (χ2n) is 2.83. The van der Waals surface area contributed by atoms with Crippen LogP contribution in [0, 0.1) is 23.3 Å². The van der Waals surface area contributed by atoms with E-state index >= 15 is 0 Å². The van der Waals surface area contributed by atoms with Crippen LogP contribution in [0.5, 0.6) is 0 Å². The molecular weight excluding hydrogens is 430 g/mol. The normalized spacial score (nSPS) is 12.7. The fourth-order valence-electron chi connectivity index (χ4n) is 1.31. The Morgan fingerprint density at radius 1 is 1.33 bits per heavy atom. The van der Waals surface area contributed by atoms with Crippen molar-refractivity contribution in [1.29, 1.82) is 0 Å². The molecule has 1 unspecified atom stereocenters. The molecule has 1 N–H and O–H groups in total. The first-order valence-electron chi connectivity index (χ1n) is 4.07. The molecule has 6 heteroatoms. The average Bonchev–Trinajstić information content (AvgIpc) is 2.16. The Bertz CT molecular complexity index is 535. The van der Waals surface area contributed by atoms with Gasteiger partial charge in [0.1, 0.15) is 0 Å². The third-order valence-corrected chi connectivity index (χ3v) is 3.38. The zero-order valence-electron chi connectivity index (χ0n) is 7.41. The van der Waals surface area contributed by atoms with E-state index in [1.54, 1.807) is 6.07 Å². The standard InChI is InChI=1S/C9H6AtClN2OS/c10-15(14)13-8-3-1-2-7-6(8)4-5-9(11)12-7/h1-5,13H. The predicted octanol–water partition coefficient (Wildman–Crippen LogP) is 2.43. The number of nitrogens with zero attached hydrogens (tertiary/aromatic N) is 1. The van der Waals surface area contributed by atoms with Crippen LogP contribution in [0.3, 0.4) is 0 Å². The van der Waals surface area contributed by atoms with Crippen molar-refractivity contribution in [2.75, 3.05) is 4.72 Å². The van der Waals surface area contributed by atoms with Crippen molar-refractivity contribution < 1.29 is 27.5 Å². The van der Waals surface area contributed by atoms with Crippen LogP contribution in [-0.2, 0) is 7.74 Å². The van der Waals surface area contributed by atoms with Crippen molar-refractivity contribution in [3.05, 3.63) is 35.5 Å². The van der Waals surface area contributed by atoms with Gasteiger partial charge in [0, 0.05) is 0 Å². The minimum absolute atomic E-state index is 0.459. The molecule has 15 heavy (non-hydrogen) atoms. The number of halogens is 1. The van der Waals surface area contributed by atoms with E-state index in [0.29, 0.717) is 5.15 Å². The van der Waals surface area contributed by atoms with Gasteiger partial charge in [0.25, 0.3) is 0 Å². The molecule has 2 rings (SSSR count). The van der Waals surface area contributed by atoms with E-state index in [1.807, 2.05) is 24.3 Å². The third kappa shape index (κ3) is 2.65. The Morgan fingerprint density at radius 2 is 2.13 bits per heavy atom. The summed E-state index contributed by atoms with van der Waals surface area (Å²) >= 11 is 6.98. The Labute approximate surface area is 108 Å². The molecule has 0 fully saturated rings. The fourth-order valence-corrected chi connectivity index (χ4v) is 2.78. The number of pyridine rings is 1. The van der Waals surface area contributed by atoms with Crippen molar-refractivity contribution in [3.63, 3.8) is 0 Å². The maximum absolute atomic E-state index is 11.1. The van der Waals surface area contributed by atoms with E-state index < -0.39 is 7.74 Å². The summed E-state index contributed by atoms with van der Waals surface area (Å²) in [5.74, 6) is 0. The summed E-state index contributed by atoms with van der Waals surface area (Å²) in [5.41, 5.74) is 1.61. The second kappa shape index (κ2) is 4.73. The van der Waals surface area contributed by atoms with Gasteiger partial charge in [-0.25, -0.2) is 0 Å². The Morgan fingerprint density at radius 3 is 2.87 bits per heavy atom. The molecule has 0 amide bonds. The zero-order chi connectivity index (χ0) is 10.8. The summed E-state index contributed by atoms with van der Waals surface area (Å²) in [7, 11) is -1.03. The molecule has 2 aromatic rings. The number of rotatable bonds is 2. The summed E-state index contributed by atoms with van der Waals surface area (Å²) in [6.45, 7) is 0. The van der Waals surface area contributed by atoms with Crippen molar-refractivity contribution in [3.8, 4) is 0 Å². The van der Waals surface area contributed by atoms with Crippen LogP contribution in [0.15, 0.2) is 30.3 Å². The maximum atomic E-state index is 11.1. The minimum atomic E-state index is -1.03. The molecular formula is C9H6AtClN2OS. The zero-order valence-corrected chi connectivity index (χ0v) is 11.9. The van der Waals surface area contributed by atoms with Gasteiger partial charge in [-0.15, -0.1) is 0 Å². The molecule has 0 spiro atoms. The summed E-state index contributed by atoms with van der Waals surface area (Å²) in [6, 6.07) is 9.18. The molecule has 78 valence electrons. The third-order valence-electron chi connectivity index (χ3n) is 1.89. The van der Waals surface area contributed by atoms with E-state index in [2.05, 4.69) is 9.71 Å². The topological polar surface area (TPSA) is 42.0 Å². The van der Waals surface area contributed by atoms with Crippen LogP contribution in [0.1, 0.15) is 0 Å². The average molecular weight is 436 g/mol. The SMILES string of the molecule is O=S([At])Nc1cccc2nc(Cl)ccc12. The van der Waals surface area contributed by atoms with Crippen LogP contribution < -0.4 is 4.72 Å². The molecule has 1 aromatic heterocycles. The molecule has 0 radical (unpaired) electrons. The molecule has 0 saturated heterocycles. The van der Waals surface area contributed by atoms with Gasteiger partial charge in [-0.1, -0.05) is 0 Å². The molecule has 0 bridgehead atoms. The molecule has 0 aliphatic rings. The van der Waals surface area contributed by atoms with Crippen molar-refractivity contribution in [2.24, 2.45) is 0 Å². The first kappa shape index (κ1) is 11.2. The summed E-state index contributed by atoms with van der Waals surface area (Å²) in [5, 5.41) is 1.38. The van der Waals surface area contributed by atoms with E-state index in [4.69, 9.17) is 11.6 Å². The van der Waals surface area contributed by atoms with Gasteiger partial charge in [-0.3, -0.25) is 0 Å². The van der Waals surface area contributed by atoms with E-state index in [1.165, 1.54) is 23.3 Å². The number of hydrogen-bond donors (Lipinski definition) is 1. The number of hydrogen-bond acceptors (Lipinski definition) is 2. The van der Waals surface area contributed by atoms with Gasteiger partial charge in [-0.2, -0.15) is 0 Å². The fraction of sp³-hybridized carbons (Fsp3) is 0. The molecule has 1 aromatic carbocycles.